The lowest BCUT2D eigenvalue weighted by Gasteiger charge is -2.07. The highest BCUT2D eigenvalue weighted by molar-refractivity contribution is 9.10. The number of carboxylic acids is 1. The van der Waals surface area contributed by atoms with E-state index in [-0.39, 0.29) is 17.9 Å². The number of imide groups is 1. The summed E-state index contributed by atoms with van der Waals surface area (Å²) in [5.74, 6) is -1.72. The number of carbonyl (C=O) groups excluding carboxylic acids is 2. The van der Waals surface area contributed by atoms with Crippen LogP contribution in [0, 0.1) is 0 Å². The highest BCUT2D eigenvalue weighted by atomic mass is 79.9. The van der Waals surface area contributed by atoms with E-state index in [2.05, 4.69) is 20.7 Å². The number of aromatic carboxylic acids is 1. The van der Waals surface area contributed by atoms with Crippen molar-refractivity contribution in [3.63, 3.8) is 0 Å². The molecule has 0 radical (unpaired) electrons. The standard InChI is InChI=1S/C12H12BrNO5S/c1-2-19-12(18)14-10(15)6-20-9-5-7(13)3-4-8(9)11(16)17/h3-5H,2,6H2,1H3,(H,16,17)(H,14,15,18). The summed E-state index contributed by atoms with van der Waals surface area (Å²) < 4.78 is 5.27. The van der Waals surface area contributed by atoms with Gasteiger partial charge in [0.2, 0.25) is 5.91 Å². The van der Waals surface area contributed by atoms with E-state index in [4.69, 9.17) is 5.11 Å². The van der Waals surface area contributed by atoms with Crippen LogP contribution in [0.25, 0.3) is 0 Å². The Bertz CT molecular complexity index is 535. The molecule has 2 amide bonds. The number of amides is 2. The molecule has 20 heavy (non-hydrogen) atoms. The van der Waals surface area contributed by atoms with Crippen LogP contribution in [0.5, 0.6) is 0 Å². The van der Waals surface area contributed by atoms with E-state index in [1.165, 1.54) is 6.07 Å². The SMILES string of the molecule is CCOC(=O)NC(=O)CSc1cc(Br)ccc1C(=O)O. The van der Waals surface area contributed by atoms with Gasteiger partial charge < -0.3 is 9.84 Å². The number of carbonyl (C=O) groups is 3. The summed E-state index contributed by atoms with van der Waals surface area (Å²) in [6, 6.07) is 4.65. The zero-order valence-electron chi connectivity index (χ0n) is 10.5. The van der Waals surface area contributed by atoms with Gasteiger partial charge in [-0.25, -0.2) is 9.59 Å². The Morgan fingerprint density at radius 2 is 2.10 bits per heavy atom. The number of rotatable bonds is 5. The molecular formula is C12H12BrNO5S. The number of alkyl carbamates (subject to hydrolysis) is 1. The number of nitrogens with one attached hydrogen (secondary N) is 1. The van der Waals surface area contributed by atoms with Crippen LogP contribution in [0.3, 0.4) is 0 Å². The molecular weight excluding hydrogens is 350 g/mol. The number of hydrogen-bond donors (Lipinski definition) is 2. The number of thioether (sulfide) groups is 1. The second-order valence-corrected chi connectivity index (χ2v) is 5.44. The first kappa shape index (κ1) is 16.5. The molecule has 8 heteroatoms. The van der Waals surface area contributed by atoms with Crippen molar-refractivity contribution in [2.24, 2.45) is 0 Å². The molecule has 0 saturated heterocycles. The van der Waals surface area contributed by atoms with E-state index in [0.717, 1.165) is 11.8 Å². The summed E-state index contributed by atoms with van der Waals surface area (Å²) >= 11 is 4.26. The third-order valence-corrected chi connectivity index (χ3v) is 3.60. The van der Waals surface area contributed by atoms with Crippen molar-refractivity contribution in [2.75, 3.05) is 12.4 Å². The normalized spacial score (nSPS) is 9.90. The van der Waals surface area contributed by atoms with Gasteiger partial charge in [-0.3, -0.25) is 10.1 Å². The zero-order chi connectivity index (χ0) is 15.1. The van der Waals surface area contributed by atoms with E-state index in [1.807, 2.05) is 5.32 Å². The van der Waals surface area contributed by atoms with Crippen molar-refractivity contribution < 1.29 is 24.2 Å². The molecule has 1 aromatic carbocycles. The third-order valence-electron chi connectivity index (χ3n) is 2.05. The molecule has 0 saturated carbocycles. The largest absolute Gasteiger partial charge is 0.478 e. The number of ether oxygens (including phenoxy) is 1. The van der Waals surface area contributed by atoms with E-state index >= 15 is 0 Å². The van der Waals surface area contributed by atoms with E-state index in [1.54, 1.807) is 19.1 Å². The van der Waals surface area contributed by atoms with Gasteiger partial charge in [0.05, 0.1) is 17.9 Å². The number of hydrogen-bond acceptors (Lipinski definition) is 5. The smallest absolute Gasteiger partial charge is 0.413 e. The summed E-state index contributed by atoms with van der Waals surface area (Å²) in [5, 5.41) is 11.1. The summed E-state index contributed by atoms with van der Waals surface area (Å²) in [6.07, 6.45) is -0.814. The monoisotopic (exact) mass is 361 g/mol. The quantitative estimate of drug-likeness (QED) is 0.782. The van der Waals surface area contributed by atoms with Gasteiger partial charge in [-0.05, 0) is 25.1 Å². The lowest BCUT2D eigenvalue weighted by Crippen LogP contribution is -2.32. The lowest BCUT2D eigenvalue weighted by atomic mass is 10.2. The maximum absolute atomic E-state index is 11.5. The van der Waals surface area contributed by atoms with Crippen molar-refractivity contribution in [3.05, 3.63) is 28.2 Å². The van der Waals surface area contributed by atoms with Crippen LogP contribution < -0.4 is 5.32 Å². The Morgan fingerprint density at radius 3 is 2.70 bits per heavy atom. The van der Waals surface area contributed by atoms with Gasteiger partial charge in [0, 0.05) is 9.37 Å². The van der Waals surface area contributed by atoms with Gasteiger partial charge in [-0.15, -0.1) is 11.8 Å². The van der Waals surface area contributed by atoms with E-state index in [0.29, 0.717) is 9.37 Å². The predicted molar refractivity (Wildman–Crippen MR) is 77.0 cm³/mol. The van der Waals surface area contributed by atoms with Crippen LogP contribution >= 0.6 is 27.7 Å². The number of carboxylic acid groups (broad SMARTS) is 1. The van der Waals surface area contributed by atoms with Crippen molar-refractivity contribution in [2.45, 2.75) is 11.8 Å². The Balaban J connectivity index is 2.65. The number of halogens is 1. The molecule has 0 unspecified atom stereocenters. The summed E-state index contributed by atoms with van der Waals surface area (Å²) in [5.41, 5.74) is 0.0992. The van der Waals surface area contributed by atoms with Crippen molar-refractivity contribution >= 4 is 45.7 Å². The molecule has 0 aromatic heterocycles. The van der Waals surface area contributed by atoms with Crippen LogP contribution in [-0.2, 0) is 9.53 Å². The van der Waals surface area contributed by atoms with Crippen molar-refractivity contribution in [1.29, 1.82) is 0 Å². The van der Waals surface area contributed by atoms with E-state index in [9.17, 15) is 14.4 Å². The average Bonchev–Trinajstić information content (AvgIpc) is 2.36. The molecule has 0 aliphatic carbocycles. The van der Waals surface area contributed by atoms with Gasteiger partial charge in [-0.1, -0.05) is 15.9 Å². The molecule has 0 bridgehead atoms. The fourth-order valence-electron chi connectivity index (χ4n) is 1.25. The fourth-order valence-corrected chi connectivity index (χ4v) is 2.65. The second-order valence-electron chi connectivity index (χ2n) is 3.50. The molecule has 1 aromatic rings. The van der Waals surface area contributed by atoms with Crippen LogP contribution in [0.15, 0.2) is 27.6 Å². The molecule has 0 heterocycles. The van der Waals surface area contributed by atoms with Crippen LogP contribution in [-0.4, -0.2) is 35.4 Å². The molecule has 0 fully saturated rings. The molecule has 6 nitrogen and oxygen atoms in total. The van der Waals surface area contributed by atoms with Crippen LogP contribution in [0.4, 0.5) is 4.79 Å². The first-order valence-corrected chi connectivity index (χ1v) is 7.34. The van der Waals surface area contributed by atoms with Crippen LogP contribution in [0.1, 0.15) is 17.3 Å². The maximum atomic E-state index is 11.5. The minimum Gasteiger partial charge on any atom is -0.478 e. The first-order chi connectivity index (χ1) is 9.43. The summed E-state index contributed by atoms with van der Waals surface area (Å²) in [4.78, 5) is 34.0. The third kappa shape index (κ3) is 5.22. The first-order valence-electron chi connectivity index (χ1n) is 5.56. The Morgan fingerprint density at radius 1 is 1.40 bits per heavy atom. The Labute approximate surface area is 128 Å². The molecule has 2 N–H and O–H groups in total. The second kappa shape index (κ2) is 7.91. The highest BCUT2D eigenvalue weighted by Gasteiger charge is 2.14. The minimum atomic E-state index is -1.08. The number of benzene rings is 1. The lowest BCUT2D eigenvalue weighted by molar-refractivity contribution is -0.117. The van der Waals surface area contributed by atoms with Gasteiger partial charge >= 0.3 is 12.1 Å². The fraction of sp³-hybridized carbons (Fsp3) is 0.250. The predicted octanol–water partition coefficient (Wildman–Crippen LogP) is 2.51. The topological polar surface area (TPSA) is 92.7 Å². The minimum absolute atomic E-state index is 0.0878. The van der Waals surface area contributed by atoms with Crippen molar-refractivity contribution in [3.8, 4) is 0 Å². The Kier molecular flexibility index (Phi) is 6.53. The van der Waals surface area contributed by atoms with Crippen LogP contribution in [0.2, 0.25) is 0 Å². The van der Waals surface area contributed by atoms with Gasteiger partial charge in [0.1, 0.15) is 0 Å². The molecule has 0 aliphatic heterocycles. The van der Waals surface area contributed by atoms with Gasteiger partial charge in [0.15, 0.2) is 0 Å². The Hall–Kier alpha value is -1.54. The summed E-state index contributed by atoms with van der Waals surface area (Å²) in [6.45, 7) is 1.79. The molecule has 0 spiro atoms. The van der Waals surface area contributed by atoms with Crippen molar-refractivity contribution in [1.82, 2.24) is 5.32 Å². The maximum Gasteiger partial charge on any atom is 0.413 e. The van der Waals surface area contributed by atoms with Gasteiger partial charge in [-0.2, -0.15) is 0 Å². The highest BCUT2D eigenvalue weighted by Crippen LogP contribution is 2.26. The average molecular weight is 362 g/mol. The molecule has 108 valence electrons. The molecule has 0 atom stereocenters. The van der Waals surface area contributed by atoms with E-state index < -0.39 is 18.0 Å². The molecule has 1 rings (SSSR count). The molecule has 0 aliphatic rings. The zero-order valence-corrected chi connectivity index (χ0v) is 12.9. The summed E-state index contributed by atoms with van der Waals surface area (Å²) in [7, 11) is 0. The van der Waals surface area contributed by atoms with Gasteiger partial charge in [0.25, 0.3) is 0 Å².